The molecule has 0 bridgehead atoms. The molecule has 16 heavy (non-hydrogen) atoms. The molecule has 90 valence electrons. The number of amides is 1. The highest BCUT2D eigenvalue weighted by molar-refractivity contribution is 8.00. The summed E-state index contributed by atoms with van der Waals surface area (Å²) in [6, 6.07) is 0.475. The lowest BCUT2D eigenvalue weighted by molar-refractivity contribution is -0.131. The van der Waals surface area contributed by atoms with Crippen LogP contribution in [-0.2, 0) is 4.79 Å². The monoisotopic (exact) mass is 258 g/mol. The molecule has 1 atom stereocenters. The lowest BCUT2D eigenvalue weighted by atomic mass is 10.2. The van der Waals surface area contributed by atoms with Crippen molar-refractivity contribution in [2.45, 2.75) is 43.4 Å². The lowest BCUT2D eigenvalue weighted by Gasteiger charge is -2.25. The Morgan fingerprint density at radius 1 is 1.44 bits per heavy atom. The fourth-order valence-corrected chi connectivity index (χ4v) is 3.37. The Morgan fingerprint density at radius 2 is 2.19 bits per heavy atom. The van der Waals surface area contributed by atoms with Gasteiger partial charge in [0.1, 0.15) is 0 Å². The maximum atomic E-state index is 12.3. The normalized spacial score (nSPS) is 24.4. The van der Waals surface area contributed by atoms with E-state index in [1.54, 1.807) is 11.8 Å². The fraction of sp³-hybridized carbons (Fsp3) is 0.818. The summed E-state index contributed by atoms with van der Waals surface area (Å²) in [6.45, 7) is 0.718. The molecular formula is C11H18N2OS2. The first kappa shape index (κ1) is 12.2. The second-order valence-corrected chi connectivity index (χ2v) is 6.32. The standard InChI is InChI=1S/C11H18N2OS2/c12-10(15)5-6-13(8-3-4-8)11(14)9-2-1-7-16-9/h8-9H,1-7H2,(H2,12,15). The van der Waals surface area contributed by atoms with E-state index in [1.165, 1.54) is 6.42 Å². The van der Waals surface area contributed by atoms with Gasteiger partial charge in [-0.3, -0.25) is 4.79 Å². The number of nitrogens with zero attached hydrogens (tertiary/aromatic N) is 1. The molecule has 2 fully saturated rings. The fourth-order valence-electron chi connectivity index (χ4n) is 2.05. The van der Waals surface area contributed by atoms with Crippen LogP contribution in [-0.4, -0.2) is 39.4 Å². The molecule has 3 nitrogen and oxygen atoms in total. The van der Waals surface area contributed by atoms with Gasteiger partial charge in [0.25, 0.3) is 0 Å². The van der Waals surface area contributed by atoms with Gasteiger partial charge in [-0.15, -0.1) is 11.8 Å². The molecule has 1 heterocycles. The van der Waals surface area contributed by atoms with Gasteiger partial charge in [-0.05, 0) is 31.4 Å². The van der Waals surface area contributed by atoms with Crippen molar-refractivity contribution in [3.63, 3.8) is 0 Å². The van der Waals surface area contributed by atoms with E-state index in [-0.39, 0.29) is 5.25 Å². The van der Waals surface area contributed by atoms with Gasteiger partial charge in [0.05, 0.1) is 10.2 Å². The molecule has 0 aromatic rings. The maximum absolute atomic E-state index is 12.3. The first-order valence-electron chi connectivity index (χ1n) is 5.89. The van der Waals surface area contributed by atoms with E-state index in [9.17, 15) is 4.79 Å². The van der Waals surface area contributed by atoms with Crippen LogP contribution < -0.4 is 5.73 Å². The summed E-state index contributed by atoms with van der Waals surface area (Å²) in [4.78, 5) is 14.8. The number of carbonyl (C=O) groups is 1. The van der Waals surface area contributed by atoms with Crippen molar-refractivity contribution in [1.29, 1.82) is 0 Å². The van der Waals surface area contributed by atoms with Crippen LogP contribution in [0.5, 0.6) is 0 Å². The zero-order valence-electron chi connectivity index (χ0n) is 9.35. The van der Waals surface area contributed by atoms with E-state index < -0.39 is 0 Å². The van der Waals surface area contributed by atoms with E-state index in [2.05, 4.69) is 0 Å². The van der Waals surface area contributed by atoms with Gasteiger partial charge >= 0.3 is 0 Å². The summed E-state index contributed by atoms with van der Waals surface area (Å²) >= 11 is 6.68. The van der Waals surface area contributed by atoms with E-state index in [4.69, 9.17) is 18.0 Å². The van der Waals surface area contributed by atoms with Crippen molar-refractivity contribution in [2.75, 3.05) is 12.3 Å². The SMILES string of the molecule is NC(=S)CCN(C(=O)C1CCCS1)C1CC1. The number of carbonyl (C=O) groups excluding carboxylic acids is 1. The predicted molar refractivity (Wildman–Crippen MR) is 71.6 cm³/mol. The van der Waals surface area contributed by atoms with Crippen LogP contribution >= 0.6 is 24.0 Å². The summed E-state index contributed by atoms with van der Waals surface area (Å²) < 4.78 is 0. The number of thioether (sulfide) groups is 1. The Hall–Kier alpha value is -0.290. The highest BCUT2D eigenvalue weighted by Crippen LogP contribution is 2.33. The third-order valence-corrected chi connectivity index (χ3v) is 4.64. The molecule has 2 aliphatic rings. The number of thiocarbonyl (C=S) groups is 1. The zero-order chi connectivity index (χ0) is 11.5. The summed E-state index contributed by atoms with van der Waals surface area (Å²) in [5, 5.41) is 0.201. The highest BCUT2D eigenvalue weighted by atomic mass is 32.2. The summed E-state index contributed by atoms with van der Waals surface area (Å²) in [5.74, 6) is 1.45. The van der Waals surface area contributed by atoms with E-state index >= 15 is 0 Å². The largest absolute Gasteiger partial charge is 0.393 e. The summed E-state index contributed by atoms with van der Waals surface area (Å²) in [6.07, 6.45) is 5.19. The molecule has 1 unspecified atom stereocenters. The van der Waals surface area contributed by atoms with Gasteiger partial charge in [0.15, 0.2) is 0 Å². The number of rotatable bonds is 5. The lowest BCUT2D eigenvalue weighted by Crippen LogP contribution is -2.40. The van der Waals surface area contributed by atoms with Gasteiger partial charge in [-0.2, -0.15) is 0 Å². The molecule has 5 heteroatoms. The number of nitrogens with two attached hydrogens (primary N) is 1. The van der Waals surface area contributed by atoms with E-state index in [0.717, 1.165) is 31.6 Å². The molecule has 1 amide bonds. The van der Waals surface area contributed by atoms with Gasteiger partial charge in [-0.25, -0.2) is 0 Å². The number of hydrogen-bond acceptors (Lipinski definition) is 3. The Morgan fingerprint density at radius 3 is 2.69 bits per heavy atom. The Labute approximate surface area is 106 Å². The molecule has 2 rings (SSSR count). The minimum absolute atomic E-state index is 0.201. The first-order valence-corrected chi connectivity index (χ1v) is 7.34. The molecule has 0 aromatic carbocycles. The van der Waals surface area contributed by atoms with Crippen molar-refractivity contribution >= 4 is 34.9 Å². The van der Waals surface area contributed by atoms with Gasteiger partial charge in [-0.1, -0.05) is 12.2 Å². The van der Waals surface area contributed by atoms with Crippen molar-refractivity contribution < 1.29 is 4.79 Å². The van der Waals surface area contributed by atoms with E-state index in [0.29, 0.717) is 23.4 Å². The minimum Gasteiger partial charge on any atom is -0.393 e. The van der Waals surface area contributed by atoms with Crippen LogP contribution in [0.1, 0.15) is 32.1 Å². The quantitative estimate of drug-likeness (QED) is 0.760. The Kier molecular flexibility index (Phi) is 4.08. The molecule has 1 saturated heterocycles. The molecule has 0 spiro atoms. The van der Waals surface area contributed by atoms with Crippen LogP contribution in [0.3, 0.4) is 0 Å². The van der Waals surface area contributed by atoms with Crippen LogP contribution in [0.4, 0.5) is 0 Å². The summed E-state index contributed by atoms with van der Waals surface area (Å²) in [7, 11) is 0. The third-order valence-electron chi connectivity index (χ3n) is 3.07. The molecule has 1 saturated carbocycles. The van der Waals surface area contributed by atoms with Crippen molar-refractivity contribution in [3.05, 3.63) is 0 Å². The number of hydrogen-bond donors (Lipinski definition) is 1. The van der Waals surface area contributed by atoms with Gasteiger partial charge in [0.2, 0.25) is 5.91 Å². The average molecular weight is 258 g/mol. The van der Waals surface area contributed by atoms with Crippen molar-refractivity contribution in [2.24, 2.45) is 5.73 Å². The Bertz CT molecular complexity index is 286. The highest BCUT2D eigenvalue weighted by Gasteiger charge is 2.36. The van der Waals surface area contributed by atoms with Crippen molar-refractivity contribution in [3.8, 4) is 0 Å². The second kappa shape index (κ2) is 5.36. The smallest absolute Gasteiger partial charge is 0.235 e. The summed E-state index contributed by atoms with van der Waals surface area (Å²) in [5.41, 5.74) is 5.50. The van der Waals surface area contributed by atoms with Crippen LogP contribution in [0, 0.1) is 0 Å². The first-order chi connectivity index (χ1) is 7.68. The molecule has 1 aliphatic carbocycles. The van der Waals surface area contributed by atoms with Gasteiger partial charge < -0.3 is 10.6 Å². The molecular weight excluding hydrogens is 240 g/mol. The van der Waals surface area contributed by atoms with E-state index in [1.807, 2.05) is 4.90 Å². The second-order valence-electron chi connectivity index (χ2n) is 4.48. The zero-order valence-corrected chi connectivity index (χ0v) is 11.0. The molecule has 2 N–H and O–H groups in total. The molecule has 0 aromatic heterocycles. The van der Waals surface area contributed by atoms with Crippen LogP contribution in [0.25, 0.3) is 0 Å². The average Bonchev–Trinajstić information content (AvgIpc) is 2.93. The maximum Gasteiger partial charge on any atom is 0.235 e. The molecule has 1 aliphatic heterocycles. The van der Waals surface area contributed by atoms with Gasteiger partial charge in [0, 0.05) is 19.0 Å². The van der Waals surface area contributed by atoms with Crippen LogP contribution in [0.15, 0.2) is 0 Å². The van der Waals surface area contributed by atoms with Crippen molar-refractivity contribution in [1.82, 2.24) is 4.90 Å². The Balaban J connectivity index is 1.89. The third kappa shape index (κ3) is 3.10. The molecule has 0 radical (unpaired) electrons. The topological polar surface area (TPSA) is 46.3 Å². The predicted octanol–water partition coefficient (Wildman–Crippen LogP) is 1.55. The van der Waals surface area contributed by atoms with Crippen LogP contribution in [0.2, 0.25) is 0 Å². The minimum atomic E-state index is 0.201.